The summed E-state index contributed by atoms with van der Waals surface area (Å²) in [6, 6.07) is 2.12. The summed E-state index contributed by atoms with van der Waals surface area (Å²) in [5.41, 5.74) is -2.47. The number of likely N-dealkylation sites (tertiary alicyclic amines) is 1. The summed E-state index contributed by atoms with van der Waals surface area (Å²) in [7, 11) is 0. The van der Waals surface area contributed by atoms with Gasteiger partial charge in [-0.05, 0) is 52.2 Å². The fourth-order valence-corrected chi connectivity index (χ4v) is 3.12. The van der Waals surface area contributed by atoms with Gasteiger partial charge in [0, 0.05) is 19.3 Å². The van der Waals surface area contributed by atoms with Crippen LogP contribution in [0, 0.1) is 0 Å². The summed E-state index contributed by atoms with van der Waals surface area (Å²) in [6.07, 6.45) is -3.56. The van der Waals surface area contributed by atoms with Gasteiger partial charge in [-0.25, -0.2) is 4.79 Å². The number of carbonyl (C=O) groups excluding carboxylic acids is 2. The predicted molar refractivity (Wildman–Crippen MR) is 94.6 cm³/mol. The summed E-state index contributed by atoms with van der Waals surface area (Å²) in [5, 5.41) is 0. The van der Waals surface area contributed by atoms with E-state index >= 15 is 0 Å². The Balaban J connectivity index is 2.25. The van der Waals surface area contributed by atoms with Crippen molar-refractivity contribution in [3.8, 4) is 0 Å². The summed E-state index contributed by atoms with van der Waals surface area (Å²) < 4.78 is 48.9. The molecule has 0 N–H and O–H groups in total. The van der Waals surface area contributed by atoms with E-state index in [0.717, 1.165) is 12.3 Å². The molecule has 1 aromatic rings. The average Bonchev–Trinajstić information content (AvgIpc) is 2.60. The quantitative estimate of drug-likeness (QED) is 0.717. The van der Waals surface area contributed by atoms with Crippen LogP contribution in [-0.2, 0) is 25.9 Å². The van der Waals surface area contributed by atoms with Gasteiger partial charge in [0.05, 0.1) is 12.0 Å². The van der Waals surface area contributed by atoms with Gasteiger partial charge in [0.1, 0.15) is 11.3 Å². The van der Waals surface area contributed by atoms with Crippen molar-refractivity contribution in [3.63, 3.8) is 0 Å². The standard InChI is InChI=1S/C19H25F3N2O4/c1-5-27-15(25)18(13-6-7-14(23-12-13)19(20,21)22)8-10-24(11-9-18)16(26)28-17(2,3)4/h6-7,12H,5,8-11H2,1-4H3. The van der Waals surface area contributed by atoms with Crippen molar-refractivity contribution in [1.29, 1.82) is 0 Å². The molecule has 0 aliphatic carbocycles. The minimum absolute atomic E-state index is 0.143. The number of rotatable bonds is 3. The van der Waals surface area contributed by atoms with Crippen LogP contribution >= 0.6 is 0 Å². The third-order valence-corrected chi connectivity index (χ3v) is 4.54. The Morgan fingerprint density at radius 3 is 2.21 bits per heavy atom. The number of alkyl halides is 3. The van der Waals surface area contributed by atoms with Crippen molar-refractivity contribution in [1.82, 2.24) is 9.88 Å². The molecule has 0 bridgehead atoms. The fraction of sp³-hybridized carbons (Fsp3) is 0.632. The summed E-state index contributed by atoms with van der Waals surface area (Å²) in [5.74, 6) is -0.527. The van der Waals surface area contributed by atoms with Crippen molar-refractivity contribution < 1.29 is 32.2 Å². The number of nitrogens with zero attached hydrogens (tertiary/aromatic N) is 2. The van der Waals surface area contributed by atoms with E-state index in [1.807, 2.05) is 0 Å². The summed E-state index contributed by atoms with van der Waals surface area (Å²) in [4.78, 5) is 29.9. The molecule has 0 unspecified atom stereocenters. The zero-order chi connectivity index (χ0) is 21.2. The summed E-state index contributed by atoms with van der Waals surface area (Å²) >= 11 is 0. The second kappa shape index (κ2) is 7.97. The zero-order valence-corrected chi connectivity index (χ0v) is 16.4. The number of pyridine rings is 1. The molecule has 2 heterocycles. The third-order valence-electron chi connectivity index (χ3n) is 4.54. The normalized spacial score (nSPS) is 17.2. The minimum atomic E-state index is -4.56. The Bertz CT molecular complexity index is 703. The summed E-state index contributed by atoms with van der Waals surface area (Å²) in [6.45, 7) is 7.50. The van der Waals surface area contributed by atoms with E-state index < -0.39 is 34.9 Å². The lowest BCUT2D eigenvalue weighted by Gasteiger charge is -2.40. The first-order valence-corrected chi connectivity index (χ1v) is 9.08. The van der Waals surface area contributed by atoms with Gasteiger partial charge in [0.15, 0.2) is 0 Å². The predicted octanol–water partition coefficient (Wildman–Crippen LogP) is 3.93. The van der Waals surface area contributed by atoms with Gasteiger partial charge in [0.25, 0.3) is 0 Å². The van der Waals surface area contributed by atoms with Crippen molar-refractivity contribution in [2.24, 2.45) is 0 Å². The smallest absolute Gasteiger partial charge is 0.433 e. The maximum atomic E-state index is 12.8. The maximum Gasteiger partial charge on any atom is 0.433 e. The third kappa shape index (κ3) is 4.94. The van der Waals surface area contributed by atoms with E-state index in [4.69, 9.17) is 9.47 Å². The number of amides is 1. The Kier molecular flexibility index (Phi) is 6.25. The first-order chi connectivity index (χ1) is 12.9. The molecule has 1 saturated heterocycles. The fourth-order valence-electron chi connectivity index (χ4n) is 3.12. The van der Waals surface area contributed by atoms with Gasteiger partial charge >= 0.3 is 18.2 Å². The van der Waals surface area contributed by atoms with Gasteiger partial charge in [-0.15, -0.1) is 0 Å². The lowest BCUT2D eigenvalue weighted by molar-refractivity contribution is -0.152. The van der Waals surface area contributed by atoms with Crippen LogP contribution in [-0.4, -0.2) is 47.2 Å². The molecule has 6 nitrogen and oxygen atoms in total. The van der Waals surface area contributed by atoms with Gasteiger partial charge in [-0.3, -0.25) is 9.78 Å². The van der Waals surface area contributed by atoms with Crippen LogP contribution in [0.1, 0.15) is 51.8 Å². The molecule has 156 valence electrons. The molecule has 0 saturated carbocycles. The molecule has 1 fully saturated rings. The molecule has 9 heteroatoms. The molecule has 28 heavy (non-hydrogen) atoms. The maximum absolute atomic E-state index is 12.8. The molecule has 0 spiro atoms. The molecule has 1 aliphatic heterocycles. The first kappa shape index (κ1) is 22.0. The number of aromatic nitrogens is 1. The van der Waals surface area contributed by atoms with E-state index in [1.165, 1.54) is 11.0 Å². The number of halogens is 3. The topological polar surface area (TPSA) is 68.7 Å². The van der Waals surface area contributed by atoms with E-state index in [-0.39, 0.29) is 32.5 Å². The van der Waals surface area contributed by atoms with Crippen LogP contribution in [0.3, 0.4) is 0 Å². The number of carbonyl (C=O) groups is 2. The number of ether oxygens (including phenoxy) is 2. The molecular formula is C19H25F3N2O4. The van der Waals surface area contributed by atoms with Crippen molar-refractivity contribution in [2.45, 2.75) is 57.7 Å². The zero-order valence-electron chi connectivity index (χ0n) is 16.4. The Morgan fingerprint density at radius 2 is 1.79 bits per heavy atom. The highest BCUT2D eigenvalue weighted by atomic mass is 19.4. The Morgan fingerprint density at radius 1 is 1.18 bits per heavy atom. The number of hydrogen-bond donors (Lipinski definition) is 0. The number of piperidine rings is 1. The van der Waals surface area contributed by atoms with E-state index in [1.54, 1.807) is 27.7 Å². The van der Waals surface area contributed by atoms with Gasteiger partial charge in [-0.1, -0.05) is 6.07 Å². The van der Waals surface area contributed by atoms with Gasteiger partial charge in [-0.2, -0.15) is 13.2 Å². The molecule has 0 radical (unpaired) electrons. The Hall–Kier alpha value is -2.32. The van der Waals surface area contributed by atoms with Crippen LogP contribution in [0.2, 0.25) is 0 Å². The largest absolute Gasteiger partial charge is 0.465 e. The number of hydrogen-bond acceptors (Lipinski definition) is 5. The lowest BCUT2D eigenvalue weighted by atomic mass is 9.73. The van der Waals surface area contributed by atoms with Crippen LogP contribution in [0.4, 0.5) is 18.0 Å². The molecule has 1 aliphatic rings. The van der Waals surface area contributed by atoms with E-state index in [2.05, 4.69) is 4.98 Å². The van der Waals surface area contributed by atoms with E-state index in [9.17, 15) is 22.8 Å². The second-order valence-corrected chi connectivity index (χ2v) is 7.70. The molecule has 2 rings (SSSR count). The van der Waals surface area contributed by atoms with Crippen LogP contribution in [0.15, 0.2) is 18.3 Å². The first-order valence-electron chi connectivity index (χ1n) is 9.08. The van der Waals surface area contributed by atoms with Crippen molar-refractivity contribution in [3.05, 3.63) is 29.6 Å². The highest BCUT2D eigenvalue weighted by Crippen LogP contribution is 2.38. The minimum Gasteiger partial charge on any atom is -0.465 e. The van der Waals surface area contributed by atoms with Crippen LogP contribution in [0.25, 0.3) is 0 Å². The number of esters is 1. The molecule has 1 aromatic heterocycles. The second-order valence-electron chi connectivity index (χ2n) is 7.70. The van der Waals surface area contributed by atoms with Gasteiger partial charge < -0.3 is 14.4 Å². The highest BCUT2D eigenvalue weighted by molar-refractivity contribution is 5.84. The highest BCUT2D eigenvalue weighted by Gasteiger charge is 2.46. The van der Waals surface area contributed by atoms with Crippen LogP contribution in [0.5, 0.6) is 0 Å². The molecule has 0 aromatic carbocycles. The van der Waals surface area contributed by atoms with Crippen molar-refractivity contribution in [2.75, 3.05) is 19.7 Å². The Labute approximate surface area is 162 Å². The SMILES string of the molecule is CCOC(=O)C1(c2ccc(C(F)(F)F)nc2)CCN(C(=O)OC(C)(C)C)CC1. The lowest BCUT2D eigenvalue weighted by Crippen LogP contribution is -2.50. The molecular weight excluding hydrogens is 377 g/mol. The van der Waals surface area contributed by atoms with Crippen LogP contribution < -0.4 is 0 Å². The molecule has 1 amide bonds. The van der Waals surface area contributed by atoms with Gasteiger partial charge in [0.2, 0.25) is 0 Å². The average molecular weight is 402 g/mol. The molecule has 0 atom stereocenters. The monoisotopic (exact) mass is 402 g/mol. The van der Waals surface area contributed by atoms with Crippen molar-refractivity contribution >= 4 is 12.1 Å². The van der Waals surface area contributed by atoms with E-state index in [0.29, 0.717) is 5.56 Å².